The molecule has 2 aliphatic heterocycles. The minimum atomic E-state index is -0.0417. The van der Waals surface area contributed by atoms with Crippen molar-refractivity contribution in [2.75, 3.05) is 63.4 Å². The van der Waals surface area contributed by atoms with Crippen molar-refractivity contribution in [2.24, 2.45) is 5.92 Å². The van der Waals surface area contributed by atoms with Crippen molar-refractivity contribution in [3.8, 4) is 16.9 Å². The first-order valence-electron chi connectivity index (χ1n) is 17.5. The monoisotopic (exact) mass is 639 g/mol. The van der Waals surface area contributed by atoms with Gasteiger partial charge in [0.1, 0.15) is 12.4 Å². The van der Waals surface area contributed by atoms with Crippen LogP contribution in [0.3, 0.4) is 0 Å². The van der Waals surface area contributed by atoms with Crippen LogP contribution in [-0.2, 0) is 20.8 Å². The van der Waals surface area contributed by atoms with E-state index in [2.05, 4.69) is 91.5 Å². The molecule has 2 aliphatic rings. The summed E-state index contributed by atoms with van der Waals surface area (Å²) in [6.45, 7) is 12.9. The molecule has 0 aliphatic carbocycles. The van der Waals surface area contributed by atoms with E-state index < -0.39 is 0 Å². The lowest BCUT2D eigenvalue weighted by molar-refractivity contribution is -0.112. The lowest BCUT2D eigenvalue weighted by atomic mass is 10.00. The molecule has 1 saturated heterocycles. The third-order valence-corrected chi connectivity index (χ3v) is 9.01. The van der Waals surface area contributed by atoms with E-state index in [1.807, 2.05) is 24.3 Å². The zero-order chi connectivity index (χ0) is 33.0. The van der Waals surface area contributed by atoms with E-state index in [4.69, 9.17) is 14.2 Å². The molecule has 1 fully saturated rings. The third-order valence-electron chi connectivity index (χ3n) is 9.01. The van der Waals surface area contributed by atoms with E-state index in [0.29, 0.717) is 31.6 Å². The second-order valence-corrected chi connectivity index (χ2v) is 13.3. The van der Waals surface area contributed by atoms with E-state index in [1.54, 1.807) is 0 Å². The third kappa shape index (κ3) is 10.2. The van der Waals surface area contributed by atoms with Gasteiger partial charge in [0.25, 0.3) is 5.91 Å². The molecule has 7 heteroatoms. The molecular weight excluding hydrogens is 586 g/mol. The molecule has 0 atom stereocenters. The number of nitrogens with one attached hydrogen (secondary N) is 1. The van der Waals surface area contributed by atoms with Crippen LogP contribution >= 0.6 is 0 Å². The highest BCUT2D eigenvalue weighted by molar-refractivity contribution is 6.07. The van der Waals surface area contributed by atoms with Crippen LogP contribution in [0.25, 0.3) is 17.2 Å². The first-order chi connectivity index (χ1) is 22.9. The number of ether oxygens (including phenoxy) is 3. The number of unbranched alkanes of at least 4 members (excludes halogenated alkanes) is 1. The van der Waals surface area contributed by atoms with Gasteiger partial charge in [-0.05, 0) is 103 Å². The number of anilines is 2. The quantitative estimate of drug-likeness (QED) is 0.170. The molecule has 1 amide bonds. The second-order valence-electron chi connectivity index (χ2n) is 13.3. The Morgan fingerprint density at radius 2 is 1.72 bits per heavy atom. The summed E-state index contributed by atoms with van der Waals surface area (Å²) < 4.78 is 17.0. The molecule has 3 aromatic rings. The molecule has 0 aromatic heterocycles. The molecule has 0 saturated carbocycles. The summed E-state index contributed by atoms with van der Waals surface area (Å²) in [5.41, 5.74) is 7.33. The summed E-state index contributed by atoms with van der Waals surface area (Å²) in [6.07, 6.45) is 7.14. The minimum Gasteiger partial charge on any atom is -0.491 e. The minimum absolute atomic E-state index is 0.0417. The maximum atomic E-state index is 13.6. The molecule has 47 heavy (non-hydrogen) atoms. The Labute approximate surface area is 281 Å². The fraction of sp³-hybridized carbons (Fsp3) is 0.475. The molecule has 0 unspecified atom stereocenters. The molecular formula is C40H53N3O4. The molecule has 0 radical (unpaired) electrons. The van der Waals surface area contributed by atoms with Gasteiger partial charge in [0.05, 0.1) is 6.61 Å². The molecule has 0 bridgehead atoms. The summed E-state index contributed by atoms with van der Waals surface area (Å²) in [5, 5.41) is 3.17. The van der Waals surface area contributed by atoms with Crippen molar-refractivity contribution in [3.63, 3.8) is 0 Å². The predicted octanol–water partition coefficient (Wildman–Crippen LogP) is 8.05. The predicted molar refractivity (Wildman–Crippen MR) is 193 cm³/mol. The Hall–Kier alpha value is -3.65. The first kappa shape index (κ1) is 34.7. The Kier molecular flexibility index (Phi) is 12.9. The summed E-state index contributed by atoms with van der Waals surface area (Å²) in [4.78, 5) is 18.5. The van der Waals surface area contributed by atoms with Crippen molar-refractivity contribution >= 4 is 23.4 Å². The number of nitrogens with zero attached hydrogens (tertiary/aromatic N) is 2. The molecule has 7 nitrogen and oxygen atoms in total. The Bertz CT molecular complexity index is 1450. The van der Waals surface area contributed by atoms with Crippen LogP contribution in [0.15, 0.2) is 72.3 Å². The Morgan fingerprint density at radius 3 is 2.45 bits per heavy atom. The number of carbonyl (C=O) groups excluding carboxylic acids is 1. The largest absolute Gasteiger partial charge is 0.491 e. The van der Waals surface area contributed by atoms with Crippen molar-refractivity contribution in [3.05, 3.63) is 83.4 Å². The summed E-state index contributed by atoms with van der Waals surface area (Å²) in [5.74, 6) is 1.30. The fourth-order valence-corrected chi connectivity index (χ4v) is 6.34. The smallest absolute Gasteiger partial charge is 0.251 e. The number of benzene rings is 3. The van der Waals surface area contributed by atoms with Gasteiger partial charge < -0.3 is 24.4 Å². The number of rotatable bonds is 15. The highest BCUT2D eigenvalue weighted by atomic mass is 16.5. The van der Waals surface area contributed by atoms with E-state index in [-0.39, 0.29) is 5.91 Å². The summed E-state index contributed by atoms with van der Waals surface area (Å²) in [7, 11) is 2.19. The summed E-state index contributed by atoms with van der Waals surface area (Å²) in [6, 6.07) is 23.7. The van der Waals surface area contributed by atoms with Crippen molar-refractivity contribution < 1.29 is 19.0 Å². The first-order valence-corrected chi connectivity index (χ1v) is 17.5. The molecule has 5 rings (SSSR count). The molecule has 1 N–H and O–H groups in total. The average molecular weight is 640 g/mol. The van der Waals surface area contributed by atoms with Gasteiger partial charge in [-0.25, -0.2) is 0 Å². The van der Waals surface area contributed by atoms with Crippen molar-refractivity contribution in [1.82, 2.24) is 4.90 Å². The van der Waals surface area contributed by atoms with Crippen molar-refractivity contribution in [1.29, 1.82) is 0 Å². The number of fused-ring (bicyclic) bond motifs is 1. The Morgan fingerprint density at radius 1 is 0.979 bits per heavy atom. The highest BCUT2D eigenvalue weighted by Crippen LogP contribution is 2.34. The zero-order valence-corrected chi connectivity index (χ0v) is 28.8. The second kappa shape index (κ2) is 17.5. The van der Waals surface area contributed by atoms with Crippen LogP contribution in [-0.4, -0.2) is 70.0 Å². The van der Waals surface area contributed by atoms with Crippen LogP contribution in [0.4, 0.5) is 11.4 Å². The number of hydrogen-bond acceptors (Lipinski definition) is 6. The van der Waals surface area contributed by atoms with E-state index >= 15 is 0 Å². The SMILES string of the molecule is CCCCOCCOc1ccc(-c2ccc3c(c2)C=C(C(=O)Nc2ccc(CN(C)C4CCOCC4)cc2)CCN3CC(C)C)cc1. The fourth-order valence-electron chi connectivity index (χ4n) is 6.34. The van der Waals surface area contributed by atoms with Gasteiger partial charge >= 0.3 is 0 Å². The molecule has 0 spiro atoms. The van der Waals surface area contributed by atoms with Gasteiger partial charge in [0, 0.05) is 62.4 Å². The Balaban J connectivity index is 1.26. The molecule has 2 heterocycles. The van der Waals surface area contributed by atoms with Crippen molar-refractivity contribution in [2.45, 2.75) is 65.5 Å². The summed E-state index contributed by atoms with van der Waals surface area (Å²) >= 11 is 0. The maximum Gasteiger partial charge on any atom is 0.251 e. The van der Waals surface area contributed by atoms with Crippen LogP contribution in [0, 0.1) is 5.92 Å². The standard InChI is InChI=1S/C40H53N3O4/c1-5-6-21-45-24-25-47-38-14-9-32(10-15-38)33-11-16-39-35(26-33)27-34(17-20-43(39)28-30(2)3)40(44)41-36-12-7-31(8-13-36)29-42(4)37-18-22-46-23-19-37/h7-16,26-27,30,37H,5-6,17-25,28-29H2,1-4H3,(H,41,44). The van der Waals surface area contributed by atoms with Gasteiger partial charge in [-0.1, -0.05) is 57.5 Å². The number of hydrogen-bond donors (Lipinski definition) is 1. The lowest BCUT2D eigenvalue weighted by Gasteiger charge is -2.31. The van der Waals surface area contributed by atoms with Gasteiger partial charge in [0.15, 0.2) is 0 Å². The van der Waals surface area contributed by atoms with Gasteiger partial charge in [-0.2, -0.15) is 0 Å². The van der Waals surface area contributed by atoms with Gasteiger partial charge in [-0.3, -0.25) is 9.69 Å². The molecule has 3 aromatic carbocycles. The van der Waals surface area contributed by atoms with Crippen LogP contribution in [0.5, 0.6) is 5.75 Å². The van der Waals surface area contributed by atoms with Gasteiger partial charge in [0.2, 0.25) is 0 Å². The van der Waals surface area contributed by atoms with Gasteiger partial charge in [-0.15, -0.1) is 0 Å². The zero-order valence-electron chi connectivity index (χ0n) is 28.8. The average Bonchev–Trinajstić information content (AvgIpc) is 3.26. The van der Waals surface area contributed by atoms with E-state index in [9.17, 15) is 4.79 Å². The normalized spacial score (nSPS) is 15.4. The van der Waals surface area contributed by atoms with E-state index in [1.165, 1.54) is 11.3 Å². The maximum absolute atomic E-state index is 13.6. The van der Waals surface area contributed by atoms with Crippen LogP contribution in [0.2, 0.25) is 0 Å². The van der Waals surface area contributed by atoms with E-state index in [0.717, 1.165) is 98.8 Å². The molecule has 252 valence electrons. The van der Waals surface area contributed by atoms with Crippen LogP contribution < -0.4 is 15.0 Å². The number of carbonyl (C=O) groups is 1. The topological polar surface area (TPSA) is 63.3 Å². The highest BCUT2D eigenvalue weighted by Gasteiger charge is 2.22. The lowest BCUT2D eigenvalue weighted by Crippen LogP contribution is -2.36. The van der Waals surface area contributed by atoms with Crippen LogP contribution in [0.1, 0.15) is 64.0 Å². The number of amides is 1.